The fourth-order valence-corrected chi connectivity index (χ4v) is 5.09. The summed E-state index contributed by atoms with van der Waals surface area (Å²) >= 11 is 0. The Kier molecular flexibility index (Phi) is 7.20. The fourth-order valence-electron chi connectivity index (χ4n) is 3.65. The number of carbonyl (C=O) groups is 2. The van der Waals surface area contributed by atoms with Gasteiger partial charge in [0.25, 0.3) is 0 Å². The number of nitrogens with one attached hydrogen (secondary N) is 2. The van der Waals surface area contributed by atoms with Crippen molar-refractivity contribution in [2.24, 2.45) is 5.41 Å². The number of benzene rings is 2. The summed E-state index contributed by atoms with van der Waals surface area (Å²) in [5, 5.41) is 5.59. The number of carbonyl (C=O) groups excluding carboxylic acids is 2. The number of nitrogens with zero attached hydrogens (tertiary/aromatic N) is 1. The van der Waals surface area contributed by atoms with Gasteiger partial charge in [0.1, 0.15) is 5.75 Å². The molecule has 2 amide bonds. The topological polar surface area (TPSA) is 105 Å². The summed E-state index contributed by atoms with van der Waals surface area (Å²) in [5.41, 5.74) is 0.870. The minimum absolute atomic E-state index is 0.0787. The van der Waals surface area contributed by atoms with E-state index in [1.807, 2.05) is 31.2 Å². The second-order valence-electron chi connectivity index (χ2n) is 8.20. The van der Waals surface area contributed by atoms with Crippen molar-refractivity contribution in [2.75, 3.05) is 25.5 Å². The molecule has 1 heterocycles. The maximum absolute atomic E-state index is 13.0. The molecule has 32 heavy (non-hydrogen) atoms. The highest BCUT2D eigenvalue weighted by Gasteiger charge is 2.40. The zero-order chi connectivity index (χ0) is 23.4. The third kappa shape index (κ3) is 5.46. The zero-order valence-corrected chi connectivity index (χ0v) is 19.4. The number of ether oxygens (including phenoxy) is 1. The smallest absolute Gasteiger partial charge is 0.243 e. The maximum Gasteiger partial charge on any atom is 0.243 e. The van der Waals surface area contributed by atoms with Gasteiger partial charge < -0.3 is 15.4 Å². The van der Waals surface area contributed by atoms with Gasteiger partial charge in [-0.2, -0.15) is 4.31 Å². The first kappa shape index (κ1) is 23.7. The van der Waals surface area contributed by atoms with Gasteiger partial charge in [0.2, 0.25) is 21.8 Å². The van der Waals surface area contributed by atoms with Crippen molar-refractivity contribution in [3.63, 3.8) is 0 Å². The van der Waals surface area contributed by atoms with Gasteiger partial charge >= 0.3 is 0 Å². The molecule has 0 spiro atoms. The molecule has 2 aromatic carbocycles. The number of hydrogen-bond acceptors (Lipinski definition) is 5. The van der Waals surface area contributed by atoms with E-state index in [0.29, 0.717) is 25.1 Å². The minimum atomic E-state index is -3.67. The van der Waals surface area contributed by atoms with Crippen molar-refractivity contribution < 1.29 is 22.7 Å². The molecule has 8 nitrogen and oxygen atoms in total. The van der Waals surface area contributed by atoms with Crippen LogP contribution in [0.5, 0.6) is 5.75 Å². The molecule has 0 aliphatic carbocycles. The number of anilines is 1. The normalized spacial score (nSPS) is 16.2. The lowest BCUT2D eigenvalue weighted by Crippen LogP contribution is -2.48. The highest BCUT2D eigenvalue weighted by atomic mass is 32.2. The molecule has 1 saturated heterocycles. The predicted molar refractivity (Wildman–Crippen MR) is 122 cm³/mol. The van der Waals surface area contributed by atoms with Crippen LogP contribution in [0.1, 0.15) is 32.3 Å². The minimum Gasteiger partial charge on any atom is -0.497 e. The van der Waals surface area contributed by atoms with E-state index in [-0.39, 0.29) is 29.8 Å². The van der Waals surface area contributed by atoms with E-state index in [2.05, 4.69) is 10.6 Å². The molecular formula is C23H29N3O5S. The predicted octanol–water partition coefficient (Wildman–Crippen LogP) is 2.76. The lowest BCUT2D eigenvalue weighted by molar-refractivity contribution is -0.132. The van der Waals surface area contributed by atoms with Crippen LogP contribution in [0.25, 0.3) is 0 Å². The molecule has 1 aliphatic heterocycles. The van der Waals surface area contributed by atoms with Crippen LogP contribution in [0, 0.1) is 5.41 Å². The van der Waals surface area contributed by atoms with Gasteiger partial charge in [-0.3, -0.25) is 9.59 Å². The average Bonchev–Trinajstić information content (AvgIpc) is 2.78. The molecule has 0 radical (unpaired) electrons. The first-order valence-electron chi connectivity index (χ1n) is 10.4. The highest BCUT2D eigenvalue weighted by Crippen LogP contribution is 2.33. The molecule has 9 heteroatoms. The first-order valence-corrected chi connectivity index (χ1v) is 11.9. The van der Waals surface area contributed by atoms with Gasteiger partial charge in [-0.05, 0) is 54.8 Å². The van der Waals surface area contributed by atoms with E-state index in [9.17, 15) is 18.0 Å². The molecule has 0 bridgehead atoms. The summed E-state index contributed by atoms with van der Waals surface area (Å²) in [6.45, 7) is 4.20. The van der Waals surface area contributed by atoms with Crippen molar-refractivity contribution in [1.29, 1.82) is 0 Å². The molecule has 0 unspecified atom stereocenters. The van der Waals surface area contributed by atoms with Crippen LogP contribution in [0.15, 0.2) is 53.4 Å². The van der Waals surface area contributed by atoms with Crippen LogP contribution in [0.3, 0.4) is 0 Å². The summed E-state index contributed by atoms with van der Waals surface area (Å²) in [4.78, 5) is 24.1. The van der Waals surface area contributed by atoms with Crippen LogP contribution in [0.2, 0.25) is 0 Å². The largest absolute Gasteiger partial charge is 0.497 e. The third-order valence-corrected chi connectivity index (χ3v) is 7.71. The van der Waals surface area contributed by atoms with Gasteiger partial charge in [-0.15, -0.1) is 0 Å². The van der Waals surface area contributed by atoms with Crippen LogP contribution in [-0.4, -0.2) is 44.7 Å². The Morgan fingerprint density at radius 2 is 1.62 bits per heavy atom. The molecule has 1 aliphatic rings. The number of sulfonamides is 1. The Morgan fingerprint density at radius 3 is 2.16 bits per heavy atom. The van der Waals surface area contributed by atoms with E-state index in [4.69, 9.17) is 4.74 Å². The number of amides is 2. The van der Waals surface area contributed by atoms with Crippen molar-refractivity contribution in [1.82, 2.24) is 9.62 Å². The monoisotopic (exact) mass is 459 g/mol. The lowest BCUT2D eigenvalue weighted by Gasteiger charge is -2.37. The Balaban J connectivity index is 1.58. The average molecular weight is 460 g/mol. The Labute approximate surface area is 189 Å². The van der Waals surface area contributed by atoms with Gasteiger partial charge in [0, 0.05) is 37.7 Å². The molecule has 1 fully saturated rings. The summed E-state index contributed by atoms with van der Waals surface area (Å²) in [6.07, 6.45) is 0.870. The lowest BCUT2D eigenvalue weighted by atomic mass is 9.80. The SMILES string of the molecule is COc1ccc(CNC(=O)C2(C)CCN(S(=O)(=O)c3ccc(NC(C)=O)cc3)CC2)cc1. The van der Waals surface area contributed by atoms with Crippen molar-refractivity contribution in [3.8, 4) is 5.75 Å². The molecular weight excluding hydrogens is 430 g/mol. The van der Waals surface area contributed by atoms with E-state index < -0.39 is 15.4 Å². The number of hydrogen-bond donors (Lipinski definition) is 2. The highest BCUT2D eigenvalue weighted by molar-refractivity contribution is 7.89. The summed E-state index contributed by atoms with van der Waals surface area (Å²) < 4.78 is 32.5. The third-order valence-electron chi connectivity index (χ3n) is 5.80. The van der Waals surface area contributed by atoms with Crippen molar-refractivity contribution >= 4 is 27.5 Å². The maximum atomic E-state index is 13.0. The van der Waals surface area contributed by atoms with Crippen LogP contribution >= 0.6 is 0 Å². The van der Waals surface area contributed by atoms with E-state index in [1.165, 1.54) is 23.4 Å². The zero-order valence-electron chi connectivity index (χ0n) is 18.6. The second-order valence-corrected chi connectivity index (χ2v) is 10.1. The summed E-state index contributed by atoms with van der Waals surface area (Å²) in [7, 11) is -2.07. The molecule has 0 atom stereocenters. The number of methoxy groups -OCH3 is 1. The van der Waals surface area contributed by atoms with Crippen molar-refractivity contribution in [2.45, 2.75) is 38.1 Å². The molecule has 2 N–H and O–H groups in total. The van der Waals surface area contributed by atoms with E-state index in [1.54, 1.807) is 19.2 Å². The summed E-state index contributed by atoms with van der Waals surface area (Å²) in [6, 6.07) is 13.6. The standard InChI is InChI=1S/C23H29N3O5S/c1-17(27)25-19-6-10-21(11-7-19)32(29,30)26-14-12-23(2,13-15-26)22(28)24-16-18-4-8-20(31-3)9-5-18/h4-11H,12-16H2,1-3H3,(H,24,28)(H,25,27). The van der Waals surface area contributed by atoms with Gasteiger partial charge in [-0.25, -0.2) is 8.42 Å². The van der Waals surface area contributed by atoms with E-state index in [0.717, 1.165) is 11.3 Å². The first-order chi connectivity index (χ1) is 15.1. The Hall–Kier alpha value is -2.91. The molecule has 0 aromatic heterocycles. The van der Waals surface area contributed by atoms with E-state index >= 15 is 0 Å². The van der Waals surface area contributed by atoms with Gasteiger partial charge in [0.05, 0.1) is 12.0 Å². The van der Waals surface area contributed by atoms with Gasteiger partial charge in [-0.1, -0.05) is 19.1 Å². The number of piperidine rings is 1. The summed E-state index contributed by atoms with van der Waals surface area (Å²) in [5.74, 6) is 0.455. The quantitative estimate of drug-likeness (QED) is 0.663. The Bertz CT molecular complexity index is 1060. The van der Waals surface area contributed by atoms with Crippen molar-refractivity contribution in [3.05, 3.63) is 54.1 Å². The number of rotatable bonds is 7. The molecule has 2 aromatic rings. The molecule has 0 saturated carbocycles. The van der Waals surface area contributed by atoms with Crippen LogP contribution < -0.4 is 15.4 Å². The van der Waals surface area contributed by atoms with Crippen LogP contribution in [-0.2, 0) is 26.2 Å². The van der Waals surface area contributed by atoms with Crippen LogP contribution in [0.4, 0.5) is 5.69 Å². The fraction of sp³-hybridized carbons (Fsp3) is 0.391. The van der Waals surface area contributed by atoms with Gasteiger partial charge in [0.15, 0.2) is 0 Å². The second kappa shape index (κ2) is 9.70. The molecule has 172 valence electrons. The Morgan fingerprint density at radius 1 is 1.03 bits per heavy atom. The molecule has 3 rings (SSSR count).